The zero-order valence-electron chi connectivity index (χ0n) is 14.2. The number of ether oxygens (including phenoxy) is 2. The van der Waals surface area contributed by atoms with Crippen molar-refractivity contribution in [3.8, 4) is 11.5 Å². The molecular formula is C21H16ClNO4. The normalized spacial score (nSPS) is 10.1. The van der Waals surface area contributed by atoms with Crippen LogP contribution >= 0.6 is 11.6 Å². The fraction of sp³-hybridized carbons (Fsp3) is 0.0476. The van der Waals surface area contributed by atoms with Gasteiger partial charge in [-0.15, -0.1) is 0 Å². The molecule has 3 aromatic rings. The molecule has 1 N–H and O–H groups in total. The zero-order valence-corrected chi connectivity index (χ0v) is 15.0. The molecule has 136 valence electrons. The lowest BCUT2D eigenvalue weighted by atomic mass is 10.2. The van der Waals surface area contributed by atoms with Crippen molar-refractivity contribution in [1.82, 2.24) is 0 Å². The molecule has 0 aliphatic heterocycles. The molecule has 0 aliphatic carbocycles. The number of carbonyl (C=O) groups excluding carboxylic acids is 2. The van der Waals surface area contributed by atoms with E-state index in [2.05, 4.69) is 5.32 Å². The van der Waals surface area contributed by atoms with E-state index in [-0.39, 0.29) is 0 Å². The van der Waals surface area contributed by atoms with Crippen molar-refractivity contribution < 1.29 is 19.1 Å². The van der Waals surface area contributed by atoms with Crippen molar-refractivity contribution in [2.24, 2.45) is 0 Å². The molecule has 0 heterocycles. The third-order valence-electron chi connectivity index (χ3n) is 3.51. The van der Waals surface area contributed by atoms with E-state index in [1.54, 1.807) is 48.5 Å². The number of hydrogen-bond donors (Lipinski definition) is 1. The fourth-order valence-electron chi connectivity index (χ4n) is 2.26. The van der Waals surface area contributed by atoms with Gasteiger partial charge in [0, 0.05) is 10.7 Å². The summed E-state index contributed by atoms with van der Waals surface area (Å²) in [7, 11) is 0. The van der Waals surface area contributed by atoms with Crippen LogP contribution < -0.4 is 10.1 Å². The summed E-state index contributed by atoms with van der Waals surface area (Å²) in [4.78, 5) is 24.1. The molecule has 3 rings (SSSR count). The van der Waals surface area contributed by atoms with Gasteiger partial charge in [-0.1, -0.05) is 35.9 Å². The molecule has 0 spiro atoms. The number of nitrogens with one attached hydrogen (secondary N) is 1. The minimum atomic E-state index is -0.611. The Hall–Kier alpha value is -3.31. The van der Waals surface area contributed by atoms with Gasteiger partial charge in [0.05, 0.1) is 5.56 Å². The van der Waals surface area contributed by atoms with Crippen LogP contribution in [-0.2, 0) is 9.53 Å². The average Bonchev–Trinajstić information content (AvgIpc) is 2.69. The molecule has 3 aromatic carbocycles. The molecule has 0 bridgehead atoms. The molecule has 27 heavy (non-hydrogen) atoms. The molecule has 0 aliphatic rings. The number of esters is 1. The van der Waals surface area contributed by atoms with Crippen molar-refractivity contribution in [1.29, 1.82) is 0 Å². The zero-order chi connectivity index (χ0) is 19.1. The van der Waals surface area contributed by atoms with E-state index < -0.39 is 18.5 Å². The maximum atomic E-state index is 12.2. The highest BCUT2D eigenvalue weighted by Gasteiger charge is 2.11. The van der Waals surface area contributed by atoms with Crippen LogP contribution in [0, 0.1) is 0 Å². The number of hydrogen-bond acceptors (Lipinski definition) is 4. The molecule has 0 atom stereocenters. The third-order valence-corrected chi connectivity index (χ3v) is 3.76. The van der Waals surface area contributed by atoms with Gasteiger partial charge in [0.25, 0.3) is 5.91 Å². The van der Waals surface area contributed by atoms with E-state index in [0.717, 1.165) is 0 Å². The van der Waals surface area contributed by atoms with Gasteiger partial charge >= 0.3 is 5.97 Å². The Morgan fingerprint density at radius 2 is 1.56 bits per heavy atom. The quantitative estimate of drug-likeness (QED) is 0.615. The van der Waals surface area contributed by atoms with Gasteiger partial charge in [-0.25, -0.2) is 4.79 Å². The summed E-state index contributed by atoms with van der Waals surface area (Å²) in [5.74, 6) is 0.105. The Kier molecular flexibility index (Phi) is 6.07. The van der Waals surface area contributed by atoms with Crippen molar-refractivity contribution in [2.75, 3.05) is 11.9 Å². The minimum Gasteiger partial charge on any atom is -0.457 e. The van der Waals surface area contributed by atoms with Crippen LogP contribution in [0.15, 0.2) is 78.9 Å². The molecule has 1 amide bonds. The van der Waals surface area contributed by atoms with Crippen molar-refractivity contribution >= 4 is 29.2 Å². The highest BCUT2D eigenvalue weighted by atomic mass is 35.5. The summed E-state index contributed by atoms with van der Waals surface area (Å²) < 4.78 is 10.7. The largest absolute Gasteiger partial charge is 0.457 e. The van der Waals surface area contributed by atoms with Crippen molar-refractivity contribution in [3.05, 3.63) is 89.4 Å². The van der Waals surface area contributed by atoms with Crippen molar-refractivity contribution in [2.45, 2.75) is 0 Å². The van der Waals surface area contributed by atoms with Gasteiger partial charge in [-0.3, -0.25) is 4.79 Å². The number of benzene rings is 3. The predicted molar refractivity (Wildman–Crippen MR) is 103 cm³/mol. The van der Waals surface area contributed by atoms with Crippen LogP contribution in [0.4, 0.5) is 5.69 Å². The van der Waals surface area contributed by atoms with Gasteiger partial charge in [0.1, 0.15) is 11.5 Å². The topological polar surface area (TPSA) is 64.6 Å². The van der Waals surface area contributed by atoms with E-state index in [1.807, 2.05) is 30.3 Å². The Balaban J connectivity index is 1.55. The van der Waals surface area contributed by atoms with Crippen LogP contribution in [0.2, 0.25) is 5.02 Å². The molecular weight excluding hydrogens is 366 g/mol. The van der Waals surface area contributed by atoms with E-state index in [0.29, 0.717) is 27.8 Å². The first-order chi connectivity index (χ1) is 13.1. The van der Waals surface area contributed by atoms with Crippen LogP contribution in [0.25, 0.3) is 0 Å². The lowest BCUT2D eigenvalue weighted by molar-refractivity contribution is -0.119. The first kappa shape index (κ1) is 18.5. The Morgan fingerprint density at radius 3 is 2.30 bits per heavy atom. The molecule has 0 aromatic heterocycles. The van der Waals surface area contributed by atoms with Gasteiger partial charge in [-0.2, -0.15) is 0 Å². The maximum Gasteiger partial charge on any atom is 0.338 e. The summed E-state index contributed by atoms with van der Waals surface area (Å²) in [5, 5.41) is 3.19. The highest BCUT2D eigenvalue weighted by molar-refractivity contribution is 6.30. The van der Waals surface area contributed by atoms with Crippen LogP contribution in [0.3, 0.4) is 0 Å². The molecule has 0 saturated carbocycles. The molecule has 5 nitrogen and oxygen atoms in total. The highest BCUT2D eigenvalue weighted by Crippen LogP contribution is 2.22. The predicted octanol–water partition coefficient (Wildman–Crippen LogP) is 4.93. The number of anilines is 1. The number of rotatable bonds is 6. The number of para-hydroxylation sites is 1. The summed E-state index contributed by atoms with van der Waals surface area (Å²) in [6, 6.07) is 22.4. The van der Waals surface area contributed by atoms with Crippen LogP contribution in [-0.4, -0.2) is 18.5 Å². The molecule has 0 radical (unpaired) electrons. The first-order valence-corrected chi connectivity index (χ1v) is 8.53. The number of carbonyl (C=O) groups is 2. The maximum absolute atomic E-state index is 12.2. The second kappa shape index (κ2) is 8.87. The number of halogens is 1. The van der Waals surface area contributed by atoms with E-state index in [1.165, 1.54) is 0 Å². The standard InChI is InChI=1S/C21H16ClNO4/c22-16-9-11-17(12-10-16)23-20(24)14-26-21(25)15-5-4-8-19(13-15)27-18-6-2-1-3-7-18/h1-13H,14H2,(H,23,24). The molecule has 6 heteroatoms. The second-order valence-electron chi connectivity index (χ2n) is 5.57. The van der Waals surface area contributed by atoms with E-state index in [9.17, 15) is 9.59 Å². The second-order valence-corrected chi connectivity index (χ2v) is 6.01. The van der Waals surface area contributed by atoms with Crippen LogP contribution in [0.1, 0.15) is 10.4 Å². The van der Waals surface area contributed by atoms with E-state index >= 15 is 0 Å². The summed E-state index contributed by atoms with van der Waals surface area (Å²) >= 11 is 5.79. The summed E-state index contributed by atoms with van der Waals surface area (Å²) in [6.45, 7) is -0.398. The molecule has 0 unspecified atom stereocenters. The lowest BCUT2D eigenvalue weighted by Crippen LogP contribution is -2.20. The smallest absolute Gasteiger partial charge is 0.338 e. The summed E-state index contributed by atoms with van der Waals surface area (Å²) in [6.07, 6.45) is 0. The van der Waals surface area contributed by atoms with Gasteiger partial charge in [0.15, 0.2) is 6.61 Å². The lowest BCUT2D eigenvalue weighted by Gasteiger charge is -2.09. The summed E-state index contributed by atoms with van der Waals surface area (Å²) in [5.41, 5.74) is 0.862. The van der Waals surface area contributed by atoms with Crippen molar-refractivity contribution in [3.63, 3.8) is 0 Å². The Labute approximate surface area is 161 Å². The monoisotopic (exact) mass is 381 g/mol. The average molecular weight is 382 g/mol. The van der Waals surface area contributed by atoms with Crippen LogP contribution in [0.5, 0.6) is 11.5 Å². The SMILES string of the molecule is O=C(COC(=O)c1cccc(Oc2ccccc2)c1)Nc1ccc(Cl)cc1. The van der Waals surface area contributed by atoms with E-state index in [4.69, 9.17) is 21.1 Å². The van der Waals surface area contributed by atoms with Gasteiger partial charge < -0.3 is 14.8 Å². The minimum absolute atomic E-state index is 0.294. The Morgan fingerprint density at radius 1 is 0.852 bits per heavy atom. The molecule has 0 saturated heterocycles. The van der Waals surface area contributed by atoms with Gasteiger partial charge in [-0.05, 0) is 54.6 Å². The Bertz CT molecular complexity index is 926. The molecule has 0 fully saturated rings. The number of amides is 1. The first-order valence-electron chi connectivity index (χ1n) is 8.16. The fourth-order valence-corrected chi connectivity index (χ4v) is 2.38. The third kappa shape index (κ3) is 5.59. The van der Waals surface area contributed by atoms with Gasteiger partial charge in [0.2, 0.25) is 0 Å².